The van der Waals surface area contributed by atoms with Gasteiger partial charge in [0.1, 0.15) is 6.29 Å². The molecule has 0 fully saturated rings. The molecule has 0 aliphatic rings. The average molecular weight is 1140 g/mol. The van der Waals surface area contributed by atoms with Gasteiger partial charge in [-0.25, -0.2) is 0 Å². The van der Waals surface area contributed by atoms with Gasteiger partial charge in [-0.3, -0.25) is 4.79 Å². The van der Waals surface area contributed by atoms with Gasteiger partial charge in [0.25, 0.3) is 0 Å². The summed E-state index contributed by atoms with van der Waals surface area (Å²) in [5.41, 5.74) is 6.08. The summed E-state index contributed by atoms with van der Waals surface area (Å²) < 4.78 is 4.83. The number of hydrogen-bond acceptors (Lipinski definition) is 5. The van der Waals surface area contributed by atoms with Crippen molar-refractivity contribution in [1.82, 2.24) is 0 Å². The third-order valence-electron chi connectivity index (χ3n) is 6.33. The molecule has 0 aliphatic carbocycles. The summed E-state index contributed by atoms with van der Waals surface area (Å²) in [6.45, 7) is 16.8. The van der Waals surface area contributed by atoms with E-state index in [1.54, 1.807) is 12.1 Å². The molecular weight excluding hydrogens is 1060 g/mol. The molecule has 1 unspecified atom stereocenters. The van der Waals surface area contributed by atoms with Crippen LogP contribution in [-0.4, -0.2) is 95.1 Å². The monoisotopic (exact) mass is 1130 g/mol. The molecule has 67 heavy (non-hydrogen) atoms. The molecule has 1 atom stereocenters. The number of ether oxygens (including phenoxy) is 1. The van der Waals surface area contributed by atoms with Crippen LogP contribution in [0.15, 0.2) is 182 Å². The third kappa shape index (κ3) is 73.5. The number of halogens is 2. The Morgan fingerprint density at radius 1 is 0.478 bits per heavy atom. The third-order valence-corrected chi connectivity index (χ3v) is 6.33. The van der Waals surface area contributed by atoms with Gasteiger partial charge in [-0.05, 0) is 25.0 Å². The van der Waals surface area contributed by atoms with Gasteiger partial charge in [0.05, 0.1) is 6.10 Å². The van der Waals surface area contributed by atoms with E-state index in [2.05, 4.69) is 20.8 Å². The average Bonchev–Trinajstić information content (AvgIpc) is 3.23. The van der Waals surface area contributed by atoms with Crippen LogP contribution in [0.25, 0.3) is 0 Å². The normalized spacial score (nSPS) is 7.27. The summed E-state index contributed by atoms with van der Waals surface area (Å²) >= 11 is 0. The fraction of sp³-hybridized carbons (Fsp3) is 0.218. The van der Waals surface area contributed by atoms with E-state index in [1.807, 2.05) is 184 Å². The van der Waals surface area contributed by atoms with E-state index in [1.165, 1.54) is 0 Å². The molecule has 6 aromatic rings. The van der Waals surface area contributed by atoms with Gasteiger partial charge in [-0.2, -0.15) is 73.9 Å². The maximum atomic E-state index is 10.0. The van der Waals surface area contributed by atoms with Crippen LogP contribution in [-0.2, 0) is 69.6 Å². The molecule has 0 bridgehead atoms. The van der Waals surface area contributed by atoms with Crippen molar-refractivity contribution >= 4 is 52.4 Å². The molecule has 0 aliphatic heterocycles. The summed E-state index contributed by atoms with van der Waals surface area (Å²) in [5.74, 6) is 0. The minimum Gasteiger partial charge on any atom is -1.00 e. The Balaban J connectivity index is -0.0000000324. The van der Waals surface area contributed by atoms with E-state index < -0.39 is 6.10 Å². The number of aliphatic hydroxyl groups is 3. The van der Waals surface area contributed by atoms with Crippen molar-refractivity contribution in [2.45, 2.75) is 56.1 Å². The summed E-state index contributed by atoms with van der Waals surface area (Å²) in [6.07, 6.45) is 1.10. The van der Waals surface area contributed by atoms with E-state index in [4.69, 9.17) is 14.9 Å². The SMILES string of the molecule is C.C.C.C.CCOCC.CO.CO.O=Cc1ccccc1.OC(Cc1ccccc1)c1ccccc1.[CH2-]c1ccccc1.[CH2-]c1ccccc1.[CH2-]c1ccccc1.[CH3-].[CH3-].[CH3-].[Cl-].[Cl-].[Mg+2].[Mg+2].[Zn+2].[Zn+2].[Zn]. The van der Waals surface area contributed by atoms with E-state index in [0.29, 0.717) is 6.42 Å². The summed E-state index contributed by atoms with van der Waals surface area (Å²) in [7, 11) is 2.00. The van der Waals surface area contributed by atoms with Crippen molar-refractivity contribution in [3.63, 3.8) is 0 Å². The second-order valence-corrected chi connectivity index (χ2v) is 10.4. The maximum absolute atomic E-state index is 10.0. The zero-order chi connectivity index (χ0) is 39.8. The first-order chi connectivity index (χ1) is 25.9. The molecule has 0 spiro atoms. The molecule has 6 rings (SSSR count). The Labute approximate surface area is 497 Å². The Morgan fingerprint density at radius 2 is 0.701 bits per heavy atom. The van der Waals surface area contributed by atoms with Gasteiger partial charge in [-0.1, -0.05) is 139 Å². The molecule has 3 N–H and O–H groups in total. The quantitative estimate of drug-likeness (QED) is 0.0917. The molecule has 6 aromatic carbocycles. The Morgan fingerprint density at radius 3 is 0.881 bits per heavy atom. The van der Waals surface area contributed by atoms with Gasteiger partial charge in [0.15, 0.2) is 0 Å². The molecule has 0 heterocycles. The maximum Gasteiger partial charge on any atom is 2.00 e. The topological polar surface area (TPSA) is 87.0 Å². The molecule has 0 saturated heterocycles. The second-order valence-electron chi connectivity index (χ2n) is 10.4. The molecule has 0 amide bonds. The fourth-order valence-electron chi connectivity index (χ4n) is 3.80. The van der Waals surface area contributed by atoms with Crippen LogP contribution in [0.3, 0.4) is 0 Å². The largest absolute Gasteiger partial charge is 2.00 e. The molecule has 358 valence electrons. The summed E-state index contributed by atoms with van der Waals surface area (Å²) in [4.78, 5) is 10.0. The Bertz CT molecular complexity index is 1500. The van der Waals surface area contributed by atoms with E-state index in [9.17, 15) is 9.90 Å². The van der Waals surface area contributed by atoms with Crippen molar-refractivity contribution in [2.24, 2.45) is 0 Å². The van der Waals surface area contributed by atoms with Gasteiger partial charge in [0.2, 0.25) is 0 Å². The number of hydrogen-bond donors (Lipinski definition) is 3. The zero-order valence-corrected chi connectivity index (χ0v) is 52.4. The van der Waals surface area contributed by atoms with Crippen LogP contribution in [0, 0.1) is 43.1 Å². The number of carbonyl (C=O) groups is 1. The smallest absolute Gasteiger partial charge is 1.00 e. The standard InChI is InChI=1S/C14H14O.C7H6O.3C7H7.C4H10O.2CH4O.4CH4.3CH3.2ClH.2Mg.3Zn/c15-14(13-9-5-2-6-10-13)11-12-7-3-1-4-8-12;8-6-7-4-2-1-3-5-7;3*1-7-5-3-2-4-6-7;1-3-5-4-2;2*1-2;;;;;;;;;;;;;;/h1-10,14-15H,11H2;1-6H;3*2-6H,1H2;3-4H2,1-2H3;2*2H,1H3;4*1H4;3*1H3;2*1H;;;;;/q;;3*-1;;;;;;;;3*-1;;;2*+2;;2*+2/p-2. The first-order valence-electron chi connectivity index (χ1n) is 17.2. The van der Waals surface area contributed by atoms with Crippen LogP contribution in [0.1, 0.15) is 87.8 Å². The van der Waals surface area contributed by atoms with E-state index >= 15 is 0 Å². The minimum absolute atomic E-state index is 0. The Hall–Kier alpha value is -1.58. The Kier molecular flexibility index (Phi) is 145. The second kappa shape index (κ2) is 87.5. The van der Waals surface area contributed by atoms with Gasteiger partial charge >= 0.3 is 85.1 Å². The van der Waals surface area contributed by atoms with Crippen molar-refractivity contribution in [3.05, 3.63) is 258 Å². The fourth-order valence-corrected chi connectivity index (χ4v) is 3.80. The van der Waals surface area contributed by atoms with Crippen molar-refractivity contribution in [3.8, 4) is 0 Å². The first kappa shape index (κ1) is 111. The van der Waals surface area contributed by atoms with E-state index in [0.717, 1.165) is 67.1 Å². The molecule has 12 heteroatoms. The molecule has 5 nitrogen and oxygen atoms in total. The molecule has 0 radical (unpaired) electrons. The number of aldehydes is 1. The van der Waals surface area contributed by atoms with Crippen molar-refractivity contribution in [1.29, 1.82) is 0 Å². The van der Waals surface area contributed by atoms with Crippen LogP contribution in [0.5, 0.6) is 0 Å². The van der Waals surface area contributed by atoms with Gasteiger partial charge in [-0.15, -0.1) is 36.4 Å². The zero-order valence-electron chi connectivity index (χ0n) is 39.2. The number of benzene rings is 6. The number of aliphatic hydroxyl groups excluding tert-OH is 3. The molecule has 0 saturated carbocycles. The predicted octanol–water partition coefficient (Wildman–Crippen LogP) is 7.46. The predicted molar refractivity (Wildman–Crippen MR) is 282 cm³/mol. The number of rotatable bonds is 6. The summed E-state index contributed by atoms with van der Waals surface area (Å²) in [6, 6.07) is 58.5. The van der Waals surface area contributed by atoms with Crippen molar-refractivity contribution < 1.29 is 108 Å². The van der Waals surface area contributed by atoms with Crippen LogP contribution in [0.2, 0.25) is 0 Å². The molecule has 0 aromatic heterocycles. The first-order valence-corrected chi connectivity index (χ1v) is 17.2. The van der Waals surface area contributed by atoms with Gasteiger partial charge in [0, 0.05) is 58.9 Å². The van der Waals surface area contributed by atoms with Crippen LogP contribution >= 0.6 is 0 Å². The van der Waals surface area contributed by atoms with Crippen molar-refractivity contribution in [2.75, 3.05) is 27.4 Å². The summed E-state index contributed by atoms with van der Waals surface area (Å²) in [5, 5.41) is 24.0. The van der Waals surface area contributed by atoms with E-state index in [-0.39, 0.29) is 181 Å². The molecular formula is C55H84Cl2Mg2O5Zn3. The van der Waals surface area contributed by atoms with Crippen LogP contribution in [0.4, 0.5) is 0 Å². The number of carbonyl (C=O) groups excluding carboxylic acids is 1. The van der Waals surface area contributed by atoms with Gasteiger partial charge < -0.3 is 67.2 Å². The minimum atomic E-state index is -0.409. The van der Waals surface area contributed by atoms with Crippen LogP contribution < -0.4 is 24.8 Å².